The topological polar surface area (TPSA) is 29.1 Å². The van der Waals surface area contributed by atoms with Crippen molar-refractivity contribution in [2.45, 2.75) is 38.6 Å². The molecule has 2 heteroatoms. The van der Waals surface area contributed by atoms with Crippen LogP contribution in [0.5, 0.6) is 0 Å². The Labute approximate surface area is 62.0 Å². The average Bonchev–Trinajstić information content (AvgIpc) is 2.33. The van der Waals surface area contributed by atoms with E-state index in [1.54, 1.807) is 0 Å². The minimum Gasteiger partial charge on any atom is -0.304 e. The summed E-state index contributed by atoms with van der Waals surface area (Å²) in [5.74, 6) is 0.365. The van der Waals surface area contributed by atoms with E-state index in [9.17, 15) is 4.79 Å². The Morgan fingerprint density at radius 2 is 2.10 bits per heavy atom. The van der Waals surface area contributed by atoms with Crippen molar-refractivity contribution in [3.05, 3.63) is 0 Å². The van der Waals surface area contributed by atoms with Crippen molar-refractivity contribution in [2.24, 2.45) is 0 Å². The lowest BCUT2D eigenvalue weighted by atomic mass is 9.91. The summed E-state index contributed by atoms with van der Waals surface area (Å²) in [5, 5.41) is 3.27. The Hall–Kier alpha value is -0.370. The van der Waals surface area contributed by atoms with E-state index in [2.05, 4.69) is 19.2 Å². The lowest BCUT2D eigenvalue weighted by Crippen LogP contribution is -2.37. The van der Waals surface area contributed by atoms with Crippen LogP contribution in [-0.4, -0.2) is 17.9 Å². The van der Waals surface area contributed by atoms with Gasteiger partial charge >= 0.3 is 0 Å². The third kappa shape index (κ3) is 1.21. The zero-order valence-corrected chi connectivity index (χ0v) is 6.74. The van der Waals surface area contributed by atoms with Crippen molar-refractivity contribution >= 4 is 5.78 Å². The monoisotopic (exact) mass is 141 g/mol. The number of nitrogens with one attached hydrogen (secondary N) is 1. The maximum Gasteiger partial charge on any atom is 0.148 e. The lowest BCUT2D eigenvalue weighted by Gasteiger charge is -2.24. The predicted octanol–water partition coefficient (Wildman–Crippen LogP) is 1.11. The van der Waals surface area contributed by atoms with Crippen LogP contribution in [0.15, 0.2) is 0 Å². The van der Waals surface area contributed by atoms with Gasteiger partial charge in [-0.3, -0.25) is 4.79 Å². The summed E-state index contributed by atoms with van der Waals surface area (Å²) in [6.45, 7) is 4.85. The summed E-state index contributed by atoms with van der Waals surface area (Å²) >= 11 is 0. The van der Waals surface area contributed by atoms with Gasteiger partial charge in [-0.05, 0) is 12.8 Å². The number of hydrogen-bond acceptors (Lipinski definition) is 2. The van der Waals surface area contributed by atoms with Crippen molar-refractivity contribution in [2.75, 3.05) is 6.54 Å². The van der Waals surface area contributed by atoms with Crippen LogP contribution < -0.4 is 5.32 Å². The highest BCUT2D eigenvalue weighted by Gasteiger charge is 2.34. The minimum atomic E-state index is 0.150. The molecule has 0 radical (unpaired) electrons. The molecule has 0 bridgehead atoms. The molecule has 0 saturated carbocycles. The Kier molecular flexibility index (Phi) is 2.09. The summed E-state index contributed by atoms with van der Waals surface area (Å²) in [6.07, 6.45) is 2.87. The summed E-state index contributed by atoms with van der Waals surface area (Å²) in [7, 11) is 0. The molecule has 58 valence electrons. The molecule has 0 aromatic carbocycles. The smallest absolute Gasteiger partial charge is 0.148 e. The first-order valence-corrected chi connectivity index (χ1v) is 3.99. The van der Waals surface area contributed by atoms with Crippen LogP contribution >= 0.6 is 0 Å². The molecule has 1 heterocycles. The van der Waals surface area contributed by atoms with Gasteiger partial charge in [-0.25, -0.2) is 0 Å². The van der Waals surface area contributed by atoms with Gasteiger partial charge in [0.1, 0.15) is 5.78 Å². The molecule has 0 aliphatic carbocycles. The highest BCUT2D eigenvalue weighted by atomic mass is 16.1. The van der Waals surface area contributed by atoms with E-state index in [0.717, 1.165) is 19.3 Å². The summed E-state index contributed by atoms with van der Waals surface area (Å²) in [5.41, 5.74) is 0.150. The van der Waals surface area contributed by atoms with E-state index < -0.39 is 0 Å². The summed E-state index contributed by atoms with van der Waals surface area (Å²) < 4.78 is 0. The normalized spacial score (nSPS) is 23.6. The number of rotatable bonds is 2. The van der Waals surface area contributed by atoms with E-state index >= 15 is 0 Å². The van der Waals surface area contributed by atoms with E-state index in [0.29, 0.717) is 12.3 Å². The molecule has 1 aliphatic rings. The fourth-order valence-electron chi connectivity index (χ4n) is 1.54. The van der Waals surface area contributed by atoms with Crippen molar-refractivity contribution in [3.63, 3.8) is 0 Å². The summed E-state index contributed by atoms with van der Waals surface area (Å²) in [6, 6.07) is 0. The van der Waals surface area contributed by atoms with Gasteiger partial charge in [0.15, 0.2) is 0 Å². The Morgan fingerprint density at radius 3 is 2.30 bits per heavy atom. The van der Waals surface area contributed by atoms with E-state index in [1.807, 2.05) is 0 Å². The molecule has 0 unspecified atom stereocenters. The first-order valence-electron chi connectivity index (χ1n) is 3.99. The van der Waals surface area contributed by atoms with Crippen LogP contribution in [0.2, 0.25) is 0 Å². The highest BCUT2D eigenvalue weighted by molar-refractivity contribution is 5.84. The molecular formula is C8H15NO. The van der Waals surface area contributed by atoms with E-state index in [-0.39, 0.29) is 5.54 Å². The number of carbonyl (C=O) groups is 1. The third-order valence-electron chi connectivity index (χ3n) is 2.55. The van der Waals surface area contributed by atoms with Crippen molar-refractivity contribution in [1.29, 1.82) is 0 Å². The van der Waals surface area contributed by atoms with Crippen LogP contribution in [0.4, 0.5) is 0 Å². The standard InChI is InChI=1S/C8H15NO/c1-3-8(4-2)5-7(10)6-9-8/h9H,3-6H2,1-2H3. The van der Waals surface area contributed by atoms with Crippen LogP contribution in [0.25, 0.3) is 0 Å². The maximum atomic E-state index is 10.9. The number of hydrogen-bond donors (Lipinski definition) is 1. The van der Waals surface area contributed by atoms with Crippen LogP contribution in [0, 0.1) is 0 Å². The van der Waals surface area contributed by atoms with Gasteiger partial charge in [-0.1, -0.05) is 13.8 Å². The number of carbonyl (C=O) groups excluding carboxylic acids is 1. The summed E-state index contributed by atoms with van der Waals surface area (Å²) in [4.78, 5) is 10.9. The van der Waals surface area contributed by atoms with Gasteiger partial charge in [-0.2, -0.15) is 0 Å². The largest absolute Gasteiger partial charge is 0.304 e. The van der Waals surface area contributed by atoms with Crippen LogP contribution in [0.1, 0.15) is 33.1 Å². The lowest BCUT2D eigenvalue weighted by molar-refractivity contribution is -0.116. The van der Waals surface area contributed by atoms with Gasteiger partial charge in [0.25, 0.3) is 0 Å². The number of ketones is 1. The maximum absolute atomic E-state index is 10.9. The van der Waals surface area contributed by atoms with Crippen LogP contribution in [-0.2, 0) is 4.79 Å². The SMILES string of the molecule is CCC1(CC)CC(=O)CN1. The molecule has 10 heavy (non-hydrogen) atoms. The molecule has 0 spiro atoms. The van der Waals surface area contributed by atoms with E-state index in [4.69, 9.17) is 0 Å². The molecular weight excluding hydrogens is 126 g/mol. The fraction of sp³-hybridized carbons (Fsp3) is 0.875. The van der Waals surface area contributed by atoms with Crippen molar-refractivity contribution < 1.29 is 4.79 Å². The molecule has 0 aromatic rings. The minimum absolute atomic E-state index is 0.150. The van der Waals surface area contributed by atoms with Gasteiger partial charge < -0.3 is 5.32 Å². The van der Waals surface area contributed by atoms with Gasteiger partial charge in [0.2, 0.25) is 0 Å². The molecule has 1 saturated heterocycles. The van der Waals surface area contributed by atoms with E-state index in [1.165, 1.54) is 0 Å². The molecule has 1 N–H and O–H groups in total. The molecule has 0 aromatic heterocycles. The molecule has 1 rings (SSSR count). The molecule has 0 amide bonds. The number of Topliss-reactive ketones (excluding diaryl/α,β-unsaturated/α-hetero) is 1. The van der Waals surface area contributed by atoms with Gasteiger partial charge in [0, 0.05) is 12.0 Å². The Balaban J connectivity index is 2.59. The van der Waals surface area contributed by atoms with Crippen molar-refractivity contribution in [3.8, 4) is 0 Å². The average molecular weight is 141 g/mol. The second kappa shape index (κ2) is 2.70. The predicted molar refractivity (Wildman–Crippen MR) is 40.9 cm³/mol. The first-order chi connectivity index (χ1) is 4.72. The van der Waals surface area contributed by atoms with Crippen LogP contribution in [0.3, 0.4) is 0 Å². The molecule has 1 fully saturated rings. The second-order valence-electron chi connectivity index (χ2n) is 3.06. The second-order valence-corrected chi connectivity index (χ2v) is 3.06. The quantitative estimate of drug-likeness (QED) is 0.624. The Morgan fingerprint density at radius 1 is 1.50 bits per heavy atom. The molecule has 2 nitrogen and oxygen atoms in total. The van der Waals surface area contributed by atoms with Gasteiger partial charge in [0.05, 0.1) is 6.54 Å². The fourth-order valence-corrected chi connectivity index (χ4v) is 1.54. The Bertz CT molecular complexity index is 138. The zero-order valence-electron chi connectivity index (χ0n) is 6.74. The highest BCUT2D eigenvalue weighted by Crippen LogP contribution is 2.23. The van der Waals surface area contributed by atoms with Gasteiger partial charge in [-0.15, -0.1) is 0 Å². The zero-order chi connectivity index (χ0) is 7.61. The van der Waals surface area contributed by atoms with Crippen molar-refractivity contribution in [1.82, 2.24) is 5.32 Å². The first kappa shape index (κ1) is 7.73. The molecule has 0 atom stereocenters. The molecule has 1 aliphatic heterocycles. The third-order valence-corrected chi connectivity index (χ3v) is 2.55.